The molecular formula is C24H25NO5. The van der Waals surface area contributed by atoms with E-state index in [0.717, 1.165) is 45.7 Å². The predicted octanol–water partition coefficient (Wildman–Crippen LogP) is 3.52. The van der Waals surface area contributed by atoms with Gasteiger partial charge in [-0.25, -0.2) is 0 Å². The van der Waals surface area contributed by atoms with Crippen LogP contribution in [0.2, 0.25) is 0 Å². The number of Topliss-reactive ketones (excluding diaryl/α,β-unsaturated/α-hetero) is 1. The number of hydrogen-bond donors (Lipinski definition) is 0. The van der Waals surface area contributed by atoms with Crippen LogP contribution >= 0.6 is 0 Å². The van der Waals surface area contributed by atoms with Gasteiger partial charge in [0.05, 0.1) is 25.4 Å². The standard InChI is InChI=1S/C24H25NO5/c26-20-17-22(30-18-7-2-1-3-8-18)24(27)19-9-6-10-21(23(19)20)29-14-5-4-11-25-12-15-28-16-13-25/h1-3,6-10,17H,4-5,11-16H2. The lowest BCUT2D eigenvalue weighted by atomic mass is 9.92. The Hall–Kier alpha value is -2.96. The average molecular weight is 407 g/mol. The highest BCUT2D eigenvalue weighted by molar-refractivity contribution is 6.24. The molecule has 0 atom stereocenters. The molecule has 2 aliphatic rings. The molecule has 30 heavy (non-hydrogen) atoms. The number of benzene rings is 2. The first-order chi connectivity index (χ1) is 14.7. The number of hydrogen-bond acceptors (Lipinski definition) is 6. The summed E-state index contributed by atoms with van der Waals surface area (Å²) in [5.41, 5.74) is 0.635. The zero-order valence-corrected chi connectivity index (χ0v) is 16.8. The molecule has 1 aliphatic heterocycles. The van der Waals surface area contributed by atoms with Gasteiger partial charge in [-0.2, -0.15) is 0 Å². The van der Waals surface area contributed by atoms with E-state index in [1.807, 2.05) is 18.2 Å². The molecular weight excluding hydrogens is 382 g/mol. The summed E-state index contributed by atoms with van der Waals surface area (Å²) in [4.78, 5) is 28.0. The second kappa shape index (κ2) is 9.69. The molecule has 0 spiro atoms. The van der Waals surface area contributed by atoms with Crippen molar-refractivity contribution < 1.29 is 23.8 Å². The third-order valence-corrected chi connectivity index (χ3v) is 5.20. The highest BCUT2D eigenvalue weighted by Gasteiger charge is 2.30. The zero-order chi connectivity index (χ0) is 20.8. The van der Waals surface area contributed by atoms with Crippen molar-refractivity contribution >= 4 is 11.6 Å². The molecule has 0 saturated carbocycles. The first-order valence-corrected chi connectivity index (χ1v) is 10.3. The maximum atomic E-state index is 12.9. The third kappa shape index (κ3) is 4.78. The highest BCUT2D eigenvalue weighted by Crippen LogP contribution is 2.30. The van der Waals surface area contributed by atoms with Crippen molar-refractivity contribution in [2.75, 3.05) is 39.5 Å². The number of nitrogens with zero attached hydrogens (tertiary/aromatic N) is 1. The van der Waals surface area contributed by atoms with E-state index in [4.69, 9.17) is 14.2 Å². The fourth-order valence-corrected chi connectivity index (χ4v) is 3.62. The van der Waals surface area contributed by atoms with Gasteiger partial charge in [-0.05, 0) is 43.7 Å². The van der Waals surface area contributed by atoms with Gasteiger partial charge in [0.2, 0.25) is 5.78 Å². The van der Waals surface area contributed by atoms with Gasteiger partial charge in [-0.3, -0.25) is 14.5 Å². The topological polar surface area (TPSA) is 65.1 Å². The Kier molecular flexibility index (Phi) is 6.57. The Morgan fingerprint density at radius 2 is 1.73 bits per heavy atom. The smallest absolute Gasteiger partial charge is 0.229 e. The Morgan fingerprint density at radius 3 is 2.53 bits per heavy atom. The maximum absolute atomic E-state index is 12.9. The Bertz CT molecular complexity index is 932. The monoisotopic (exact) mass is 407 g/mol. The van der Waals surface area contributed by atoms with Gasteiger partial charge in [0, 0.05) is 24.7 Å². The second-order valence-electron chi connectivity index (χ2n) is 7.31. The van der Waals surface area contributed by atoms with Crippen LogP contribution in [0.15, 0.2) is 60.4 Å². The number of unbranched alkanes of at least 4 members (excludes halogenated alkanes) is 1. The lowest BCUT2D eigenvalue weighted by Gasteiger charge is -2.26. The number of ketones is 2. The number of allylic oxidation sites excluding steroid dienone is 2. The largest absolute Gasteiger partial charge is 0.493 e. The Labute approximate surface area is 176 Å². The lowest BCUT2D eigenvalue weighted by Crippen LogP contribution is -2.36. The fourth-order valence-electron chi connectivity index (χ4n) is 3.62. The minimum atomic E-state index is -0.314. The second-order valence-corrected chi connectivity index (χ2v) is 7.31. The molecule has 1 aliphatic carbocycles. The first kappa shape index (κ1) is 20.3. The van der Waals surface area contributed by atoms with Gasteiger partial charge >= 0.3 is 0 Å². The summed E-state index contributed by atoms with van der Waals surface area (Å²) < 4.78 is 16.9. The molecule has 2 aromatic rings. The number of carbonyl (C=O) groups excluding carboxylic acids is 2. The summed E-state index contributed by atoms with van der Waals surface area (Å²) in [6, 6.07) is 14.1. The number of para-hydroxylation sites is 1. The quantitative estimate of drug-likeness (QED) is 0.624. The molecule has 1 fully saturated rings. The molecule has 1 saturated heterocycles. The van der Waals surface area contributed by atoms with Gasteiger partial charge in [0.25, 0.3) is 0 Å². The molecule has 0 N–H and O–H groups in total. The number of ether oxygens (including phenoxy) is 3. The van der Waals surface area contributed by atoms with E-state index < -0.39 is 0 Å². The molecule has 156 valence electrons. The van der Waals surface area contributed by atoms with Crippen molar-refractivity contribution in [1.82, 2.24) is 4.90 Å². The number of rotatable bonds is 8. The molecule has 2 aromatic carbocycles. The van der Waals surface area contributed by atoms with Crippen LogP contribution in [0.25, 0.3) is 0 Å². The van der Waals surface area contributed by atoms with Crippen LogP contribution in [-0.4, -0.2) is 55.9 Å². The summed E-state index contributed by atoms with van der Waals surface area (Å²) in [6.07, 6.45) is 3.14. The van der Waals surface area contributed by atoms with E-state index in [2.05, 4.69) is 4.90 Å². The predicted molar refractivity (Wildman–Crippen MR) is 112 cm³/mol. The molecule has 0 bridgehead atoms. The molecule has 0 amide bonds. The number of fused-ring (bicyclic) bond motifs is 1. The minimum absolute atomic E-state index is 0.0290. The van der Waals surface area contributed by atoms with Crippen LogP contribution in [-0.2, 0) is 4.74 Å². The van der Waals surface area contributed by atoms with Crippen molar-refractivity contribution in [3.63, 3.8) is 0 Å². The molecule has 6 heteroatoms. The van der Waals surface area contributed by atoms with Crippen LogP contribution in [0.1, 0.15) is 33.6 Å². The van der Waals surface area contributed by atoms with Crippen LogP contribution < -0.4 is 9.47 Å². The summed E-state index contributed by atoms with van der Waals surface area (Å²) in [6.45, 7) is 5.06. The van der Waals surface area contributed by atoms with E-state index in [0.29, 0.717) is 29.2 Å². The van der Waals surface area contributed by atoms with E-state index >= 15 is 0 Å². The third-order valence-electron chi connectivity index (χ3n) is 5.20. The van der Waals surface area contributed by atoms with Gasteiger partial charge in [0.1, 0.15) is 11.5 Å². The summed E-state index contributed by atoms with van der Waals surface area (Å²) in [5, 5.41) is 0. The van der Waals surface area contributed by atoms with Crippen molar-refractivity contribution in [1.29, 1.82) is 0 Å². The van der Waals surface area contributed by atoms with E-state index in [9.17, 15) is 9.59 Å². The van der Waals surface area contributed by atoms with Crippen molar-refractivity contribution in [3.05, 3.63) is 71.5 Å². The molecule has 6 nitrogen and oxygen atoms in total. The highest BCUT2D eigenvalue weighted by atomic mass is 16.5. The normalized spacial score (nSPS) is 16.7. The van der Waals surface area contributed by atoms with Crippen LogP contribution in [0, 0.1) is 0 Å². The fraction of sp³-hybridized carbons (Fsp3) is 0.333. The van der Waals surface area contributed by atoms with Crippen molar-refractivity contribution in [2.45, 2.75) is 12.8 Å². The van der Waals surface area contributed by atoms with Gasteiger partial charge in [-0.1, -0.05) is 24.3 Å². The summed E-state index contributed by atoms with van der Waals surface area (Å²) in [7, 11) is 0. The SMILES string of the molecule is O=C1C(Oc2ccccc2)=CC(=O)c2c(OCCCCN3CCOCC3)cccc21. The summed E-state index contributed by atoms with van der Waals surface area (Å²) in [5.74, 6) is 0.403. The molecule has 0 aromatic heterocycles. The van der Waals surface area contributed by atoms with Gasteiger partial charge < -0.3 is 14.2 Å². The van der Waals surface area contributed by atoms with Crippen molar-refractivity contribution in [3.8, 4) is 11.5 Å². The average Bonchev–Trinajstić information content (AvgIpc) is 2.78. The molecule has 4 rings (SSSR count). The molecule has 1 heterocycles. The lowest BCUT2D eigenvalue weighted by molar-refractivity contribution is 0.0368. The minimum Gasteiger partial charge on any atom is -0.493 e. The van der Waals surface area contributed by atoms with Crippen LogP contribution in [0.5, 0.6) is 11.5 Å². The van der Waals surface area contributed by atoms with Crippen LogP contribution in [0.4, 0.5) is 0 Å². The van der Waals surface area contributed by atoms with Crippen LogP contribution in [0.3, 0.4) is 0 Å². The van der Waals surface area contributed by atoms with E-state index in [1.165, 1.54) is 6.08 Å². The maximum Gasteiger partial charge on any atom is 0.229 e. The zero-order valence-electron chi connectivity index (χ0n) is 16.8. The number of carbonyl (C=O) groups is 2. The Morgan fingerprint density at radius 1 is 0.933 bits per heavy atom. The molecule has 0 radical (unpaired) electrons. The molecule has 0 unspecified atom stereocenters. The van der Waals surface area contributed by atoms with Gasteiger partial charge in [0.15, 0.2) is 11.5 Å². The Balaban J connectivity index is 1.37. The van der Waals surface area contributed by atoms with E-state index in [-0.39, 0.29) is 17.3 Å². The number of morpholine rings is 1. The summed E-state index contributed by atoms with van der Waals surface area (Å²) >= 11 is 0. The van der Waals surface area contributed by atoms with Crippen molar-refractivity contribution in [2.24, 2.45) is 0 Å². The first-order valence-electron chi connectivity index (χ1n) is 10.3. The van der Waals surface area contributed by atoms with Gasteiger partial charge in [-0.15, -0.1) is 0 Å². The van der Waals surface area contributed by atoms with E-state index in [1.54, 1.807) is 30.3 Å².